The molecule has 0 N–H and O–H groups in total. The molecule has 1 aromatic rings. The van der Waals surface area contributed by atoms with Crippen LogP contribution in [0, 0.1) is 0 Å². The molecule has 0 atom stereocenters. The Hall–Kier alpha value is -0.530. The van der Waals surface area contributed by atoms with Gasteiger partial charge in [-0.25, -0.2) is 9.97 Å². The molecule has 0 radical (unpaired) electrons. The maximum atomic E-state index is 12.5. The van der Waals surface area contributed by atoms with Gasteiger partial charge in [-0.05, 0) is 12.8 Å². The summed E-state index contributed by atoms with van der Waals surface area (Å²) in [5.74, 6) is -1.19. The summed E-state index contributed by atoms with van der Waals surface area (Å²) in [6.07, 6.45) is -2.98. The van der Waals surface area contributed by atoms with Gasteiger partial charge in [0.2, 0.25) is 5.82 Å². The predicted molar refractivity (Wildman–Crippen MR) is 61.7 cm³/mol. The first-order valence-electron chi connectivity index (χ1n) is 5.31. The topological polar surface area (TPSA) is 35.0 Å². The highest BCUT2D eigenvalue weighted by Gasteiger charge is 2.35. The van der Waals surface area contributed by atoms with Gasteiger partial charge in [0.1, 0.15) is 10.2 Å². The van der Waals surface area contributed by atoms with Crippen molar-refractivity contribution in [3.63, 3.8) is 0 Å². The van der Waals surface area contributed by atoms with E-state index < -0.39 is 12.0 Å². The fraction of sp³-hybridized carbons (Fsp3) is 0.600. The molecule has 2 heterocycles. The van der Waals surface area contributed by atoms with Crippen LogP contribution in [0.15, 0.2) is 11.1 Å². The van der Waals surface area contributed by atoms with E-state index in [1.807, 2.05) is 0 Å². The predicted octanol–water partition coefficient (Wildman–Crippen LogP) is 3.42. The van der Waals surface area contributed by atoms with Gasteiger partial charge in [-0.15, -0.1) is 11.8 Å². The van der Waals surface area contributed by atoms with Crippen LogP contribution in [-0.2, 0) is 10.9 Å². The van der Waals surface area contributed by atoms with Gasteiger partial charge in [-0.1, -0.05) is 11.6 Å². The highest BCUT2D eigenvalue weighted by atomic mass is 35.5. The van der Waals surface area contributed by atoms with E-state index in [1.165, 1.54) is 17.8 Å². The van der Waals surface area contributed by atoms with Crippen molar-refractivity contribution in [1.29, 1.82) is 0 Å². The summed E-state index contributed by atoms with van der Waals surface area (Å²) in [5.41, 5.74) is 0. The number of nitrogens with zero attached hydrogens (tertiary/aromatic N) is 2. The smallest absolute Gasteiger partial charge is 0.381 e. The standard InChI is InChI=1S/C10H10ClF3N2OS/c11-7-5-8(16-9(15-7)10(12,13)14)18-6-1-3-17-4-2-6/h5-6H,1-4H2. The van der Waals surface area contributed by atoms with E-state index in [-0.39, 0.29) is 15.4 Å². The fourth-order valence-electron chi connectivity index (χ4n) is 1.55. The van der Waals surface area contributed by atoms with Gasteiger partial charge in [0.25, 0.3) is 0 Å². The van der Waals surface area contributed by atoms with Gasteiger partial charge >= 0.3 is 6.18 Å². The summed E-state index contributed by atoms with van der Waals surface area (Å²) in [5, 5.41) is 0.284. The van der Waals surface area contributed by atoms with Crippen molar-refractivity contribution in [2.75, 3.05) is 13.2 Å². The van der Waals surface area contributed by atoms with Crippen LogP contribution in [0.3, 0.4) is 0 Å². The number of rotatable bonds is 2. The molecule has 1 fully saturated rings. The van der Waals surface area contributed by atoms with E-state index in [1.54, 1.807) is 0 Å². The minimum Gasteiger partial charge on any atom is -0.381 e. The molecule has 0 unspecified atom stereocenters. The van der Waals surface area contributed by atoms with Gasteiger partial charge in [0.05, 0.1) is 0 Å². The molecule has 0 saturated carbocycles. The van der Waals surface area contributed by atoms with Crippen molar-refractivity contribution < 1.29 is 17.9 Å². The summed E-state index contributed by atoms with van der Waals surface area (Å²) >= 11 is 6.88. The second kappa shape index (κ2) is 5.63. The number of hydrogen-bond acceptors (Lipinski definition) is 4. The molecule has 1 saturated heterocycles. The first-order chi connectivity index (χ1) is 8.45. The van der Waals surface area contributed by atoms with Crippen LogP contribution in [0.5, 0.6) is 0 Å². The van der Waals surface area contributed by atoms with Crippen molar-refractivity contribution in [3.8, 4) is 0 Å². The molecular formula is C10H10ClF3N2OS. The van der Waals surface area contributed by atoms with E-state index in [9.17, 15) is 13.2 Å². The average Bonchev–Trinajstić information content (AvgIpc) is 2.28. The summed E-state index contributed by atoms with van der Waals surface area (Å²) < 4.78 is 42.7. The molecule has 0 bridgehead atoms. The Morgan fingerprint density at radius 3 is 2.56 bits per heavy atom. The first-order valence-corrected chi connectivity index (χ1v) is 6.57. The minimum absolute atomic E-state index is 0.188. The number of halogens is 4. The van der Waals surface area contributed by atoms with Crippen LogP contribution >= 0.6 is 23.4 Å². The summed E-state index contributed by atoms with van der Waals surface area (Å²) in [7, 11) is 0. The number of aromatic nitrogens is 2. The molecule has 0 amide bonds. The second-order valence-electron chi connectivity index (χ2n) is 3.78. The number of thioether (sulfide) groups is 1. The lowest BCUT2D eigenvalue weighted by Gasteiger charge is -2.21. The third-order valence-electron chi connectivity index (χ3n) is 2.38. The van der Waals surface area contributed by atoms with Gasteiger partial charge in [0.15, 0.2) is 0 Å². The Bertz CT molecular complexity index is 424. The van der Waals surface area contributed by atoms with E-state index in [4.69, 9.17) is 16.3 Å². The molecule has 3 nitrogen and oxygen atoms in total. The molecule has 0 spiro atoms. The van der Waals surface area contributed by atoms with Gasteiger partial charge < -0.3 is 4.74 Å². The lowest BCUT2D eigenvalue weighted by atomic mass is 10.2. The summed E-state index contributed by atoms with van der Waals surface area (Å²) in [6.45, 7) is 1.26. The SMILES string of the molecule is FC(F)(F)c1nc(Cl)cc(SC2CCOCC2)n1. The van der Waals surface area contributed by atoms with Crippen molar-refractivity contribution in [1.82, 2.24) is 9.97 Å². The van der Waals surface area contributed by atoms with Crippen molar-refractivity contribution in [2.45, 2.75) is 29.3 Å². The highest BCUT2D eigenvalue weighted by Crippen LogP contribution is 2.33. The first kappa shape index (κ1) is 13.9. The van der Waals surface area contributed by atoms with Crippen LogP contribution in [0.25, 0.3) is 0 Å². The highest BCUT2D eigenvalue weighted by molar-refractivity contribution is 7.99. The maximum absolute atomic E-state index is 12.5. The molecule has 0 aliphatic carbocycles. The molecule has 18 heavy (non-hydrogen) atoms. The Balaban J connectivity index is 2.14. The average molecular weight is 299 g/mol. The van der Waals surface area contributed by atoms with Crippen LogP contribution in [-0.4, -0.2) is 28.4 Å². The van der Waals surface area contributed by atoms with E-state index in [2.05, 4.69) is 9.97 Å². The van der Waals surface area contributed by atoms with E-state index >= 15 is 0 Å². The third kappa shape index (κ3) is 3.73. The molecule has 2 rings (SSSR count). The quantitative estimate of drug-likeness (QED) is 0.784. The molecule has 1 aromatic heterocycles. The zero-order valence-electron chi connectivity index (χ0n) is 9.21. The fourth-order valence-corrected chi connectivity index (χ4v) is 2.89. The van der Waals surface area contributed by atoms with E-state index in [0.717, 1.165) is 12.8 Å². The Labute approximate surface area is 111 Å². The molecule has 100 valence electrons. The maximum Gasteiger partial charge on any atom is 0.451 e. The van der Waals surface area contributed by atoms with Crippen LogP contribution in [0.1, 0.15) is 18.7 Å². The largest absolute Gasteiger partial charge is 0.451 e. The van der Waals surface area contributed by atoms with E-state index in [0.29, 0.717) is 13.2 Å². The Morgan fingerprint density at radius 1 is 1.28 bits per heavy atom. The molecule has 1 aliphatic heterocycles. The number of alkyl halides is 3. The molecule has 0 aromatic carbocycles. The zero-order valence-corrected chi connectivity index (χ0v) is 10.8. The summed E-state index contributed by atoms with van der Waals surface area (Å²) in [6, 6.07) is 1.36. The van der Waals surface area contributed by atoms with Crippen LogP contribution < -0.4 is 0 Å². The van der Waals surface area contributed by atoms with Gasteiger partial charge in [-0.3, -0.25) is 0 Å². The lowest BCUT2D eigenvalue weighted by molar-refractivity contribution is -0.145. The minimum atomic E-state index is -4.57. The Morgan fingerprint density at radius 2 is 1.94 bits per heavy atom. The third-order valence-corrected chi connectivity index (χ3v) is 3.83. The lowest BCUT2D eigenvalue weighted by Crippen LogP contribution is -2.18. The number of ether oxygens (including phenoxy) is 1. The second-order valence-corrected chi connectivity index (χ2v) is 5.49. The monoisotopic (exact) mass is 298 g/mol. The molecule has 1 aliphatic rings. The van der Waals surface area contributed by atoms with Crippen LogP contribution in [0.2, 0.25) is 5.15 Å². The Kier molecular flexibility index (Phi) is 4.34. The molecule has 8 heteroatoms. The van der Waals surface area contributed by atoms with Crippen molar-refractivity contribution in [2.24, 2.45) is 0 Å². The van der Waals surface area contributed by atoms with Crippen molar-refractivity contribution >= 4 is 23.4 Å². The van der Waals surface area contributed by atoms with Gasteiger partial charge in [-0.2, -0.15) is 13.2 Å². The zero-order chi connectivity index (χ0) is 13.2. The van der Waals surface area contributed by atoms with Crippen molar-refractivity contribution in [3.05, 3.63) is 17.0 Å². The summed E-state index contributed by atoms with van der Waals surface area (Å²) in [4.78, 5) is 6.69. The normalized spacial score (nSPS) is 18.0. The van der Waals surface area contributed by atoms with Gasteiger partial charge in [0, 0.05) is 24.5 Å². The molecular weight excluding hydrogens is 289 g/mol. The number of hydrogen-bond donors (Lipinski definition) is 0. The van der Waals surface area contributed by atoms with Crippen LogP contribution in [0.4, 0.5) is 13.2 Å².